The molecule has 30 heavy (non-hydrogen) atoms. The first kappa shape index (κ1) is 20.9. The van der Waals surface area contributed by atoms with Gasteiger partial charge in [-0.1, -0.05) is 37.1 Å². The van der Waals surface area contributed by atoms with Gasteiger partial charge >= 0.3 is 0 Å². The van der Waals surface area contributed by atoms with Crippen molar-refractivity contribution in [1.82, 2.24) is 10.0 Å². The van der Waals surface area contributed by atoms with Crippen LogP contribution in [0.15, 0.2) is 53.4 Å². The van der Waals surface area contributed by atoms with Crippen LogP contribution in [0.5, 0.6) is 5.75 Å². The van der Waals surface area contributed by atoms with Crippen LogP contribution in [0, 0.1) is 0 Å². The number of fused-ring (bicyclic) bond motifs is 1. The van der Waals surface area contributed by atoms with Gasteiger partial charge in [0.2, 0.25) is 10.0 Å². The van der Waals surface area contributed by atoms with Crippen molar-refractivity contribution in [3.63, 3.8) is 0 Å². The molecule has 4 rings (SSSR count). The van der Waals surface area contributed by atoms with Crippen LogP contribution in [0.3, 0.4) is 0 Å². The number of hydrogen-bond acceptors (Lipinski definition) is 4. The zero-order chi connectivity index (χ0) is 21.0. The largest absolute Gasteiger partial charge is 0.484 e. The highest BCUT2D eigenvalue weighted by molar-refractivity contribution is 7.89. The monoisotopic (exact) mass is 428 g/mol. The Morgan fingerprint density at radius 1 is 0.967 bits per heavy atom. The third kappa shape index (κ3) is 5.02. The normalized spacial score (nSPS) is 19.3. The molecule has 1 fully saturated rings. The van der Waals surface area contributed by atoms with E-state index in [9.17, 15) is 13.2 Å². The van der Waals surface area contributed by atoms with Gasteiger partial charge in [-0.3, -0.25) is 4.79 Å². The van der Waals surface area contributed by atoms with E-state index < -0.39 is 10.0 Å². The van der Waals surface area contributed by atoms with Crippen molar-refractivity contribution in [2.24, 2.45) is 0 Å². The highest BCUT2D eigenvalue weighted by atomic mass is 32.2. The molecule has 0 bridgehead atoms. The molecule has 2 aromatic rings. The van der Waals surface area contributed by atoms with E-state index in [1.807, 2.05) is 12.1 Å². The number of nitrogens with one attached hydrogen (secondary N) is 2. The first-order chi connectivity index (χ1) is 14.5. The first-order valence-electron chi connectivity index (χ1n) is 10.6. The van der Waals surface area contributed by atoms with Crippen LogP contribution >= 0.6 is 0 Å². The zero-order valence-corrected chi connectivity index (χ0v) is 17.8. The lowest BCUT2D eigenvalue weighted by molar-refractivity contribution is -0.124. The van der Waals surface area contributed by atoms with Gasteiger partial charge in [0, 0.05) is 6.04 Å². The molecule has 2 aliphatic rings. The van der Waals surface area contributed by atoms with Gasteiger partial charge in [0.1, 0.15) is 5.75 Å². The second kappa shape index (κ2) is 9.18. The van der Waals surface area contributed by atoms with E-state index in [0.717, 1.165) is 44.9 Å². The Labute approximate surface area is 178 Å². The fraction of sp³-hybridized carbons (Fsp3) is 0.435. The summed E-state index contributed by atoms with van der Waals surface area (Å²) in [4.78, 5) is 12.6. The minimum atomic E-state index is -3.52. The van der Waals surface area contributed by atoms with Crippen molar-refractivity contribution in [2.75, 3.05) is 6.61 Å². The van der Waals surface area contributed by atoms with E-state index in [1.165, 1.54) is 23.3 Å². The number of aryl methyl sites for hydroxylation is 1. The summed E-state index contributed by atoms with van der Waals surface area (Å²) in [5.41, 5.74) is 2.47. The molecule has 0 aliphatic heterocycles. The average molecular weight is 429 g/mol. The topological polar surface area (TPSA) is 84.5 Å². The van der Waals surface area contributed by atoms with Crippen molar-refractivity contribution in [2.45, 2.75) is 61.9 Å². The Hall–Kier alpha value is -2.38. The van der Waals surface area contributed by atoms with Crippen molar-refractivity contribution < 1.29 is 17.9 Å². The SMILES string of the molecule is O=C(COc1ccc(S(=O)(=O)NC2CCCC2)cc1)NC1CCCc2ccccc21. The molecule has 0 spiro atoms. The van der Waals surface area contributed by atoms with Crippen molar-refractivity contribution in [3.05, 3.63) is 59.7 Å². The van der Waals surface area contributed by atoms with Crippen molar-refractivity contribution >= 4 is 15.9 Å². The smallest absolute Gasteiger partial charge is 0.258 e. The molecule has 0 saturated heterocycles. The summed E-state index contributed by atoms with van der Waals surface area (Å²) in [6.07, 6.45) is 6.92. The van der Waals surface area contributed by atoms with E-state index in [4.69, 9.17) is 4.74 Å². The number of amides is 1. The van der Waals surface area contributed by atoms with Gasteiger partial charge in [-0.15, -0.1) is 0 Å². The zero-order valence-electron chi connectivity index (χ0n) is 17.0. The Morgan fingerprint density at radius 2 is 1.70 bits per heavy atom. The fourth-order valence-corrected chi connectivity index (χ4v) is 5.64. The molecule has 0 radical (unpaired) electrons. The molecule has 2 N–H and O–H groups in total. The highest BCUT2D eigenvalue weighted by Crippen LogP contribution is 2.29. The van der Waals surface area contributed by atoms with E-state index in [0.29, 0.717) is 5.75 Å². The number of carbonyl (C=O) groups is 1. The van der Waals surface area contributed by atoms with Crippen molar-refractivity contribution in [3.8, 4) is 5.75 Å². The Morgan fingerprint density at radius 3 is 2.47 bits per heavy atom. The molecular formula is C23H28N2O4S. The van der Waals surface area contributed by atoms with Crippen LogP contribution in [0.2, 0.25) is 0 Å². The summed E-state index contributed by atoms with van der Waals surface area (Å²) < 4.78 is 33.3. The summed E-state index contributed by atoms with van der Waals surface area (Å²) in [5, 5.41) is 3.05. The number of sulfonamides is 1. The third-order valence-electron chi connectivity index (χ3n) is 5.89. The quantitative estimate of drug-likeness (QED) is 0.707. The van der Waals surface area contributed by atoms with Gasteiger partial charge < -0.3 is 10.1 Å². The van der Waals surface area contributed by atoms with Gasteiger partial charge in [0.15, 0.2) is 6.61 Å². The van der Waals surface area contributed by atoms with Gasteiger partial charge in [0.05, 0.1) is 10.9 Å². The molecule has 160 valence electrons. The molecule has 0 heterocycles. The summed E-state index contributed by atoms with van der Waals surface area (Å²) in [6, 6.07) is 14.5. The number of hydrogen-bond donors (Lipinski definition) is 2. The maximum Gasteiger partial charge on any atom is 0.258 e. The lowest BCUT2D eigenvalue weighted by Crippen LogP contribution is -2.34. The molecule has 2 aromatic carbocycles. The second-order valence-electron chi connectivity index (χ2n) is 8.07. The van der Waals surface area contributed by atoms with Crippen LogP contribution in [0.1, 0.15) is 55.7 Å². The molecule has 0 aromatic heterocycles. The van der Waals surface area contributed by atoms with Crippen LogP contribution in [-0.4, -0.2) is 27.0 Å². The molecule has 7 heteroatoms. The maximum absolute atomic E-state index is 12.5. The molecule has 2 aliphatic carbocycles. The summed E-state index contributed by atoms with van der Waals surface area (Å²) in [7, 11) is -3.52. The number of carbonyl (C=O) groups excluding carboxylic acids is 1. The van der Waals surface area contributed by atoms with E-state index in [1.54, 1.807) is 12.1 Å². The second-order valence-corrected chi connectivity index (χ2v) is 9.79. The average Bonchev–Trinajstić information content (AvgIpc) is 3.25. The molecular weight excluding hydrogens is 400 g/mol. The summed E-state index contributed by atoms with van der Waals surface area (Å²) in [5.74, 6) is 0.283. The summed E-state index contributed by atoms with van der Waals surface area (Å²) in [6.45, 7) is -0.106. The number of ether oxygens (including phenoxy) is 1. The van der Waals surface area contributed by atoms with E-state index in [2.05, 4.69) is 22.2 Å². The molecule has 1 saturated carbocycles. The summed E-state index contributed by atoms with van der Waals surface area (Å²) >= 11 is 0. The van der Waals surface area contributed by atoms with Crippen LogP contribution in [0.25, 0.3) is 0 Å². The van der Waals surface area contributed by atoms with Gasteiger partial charge in [-0.25, -0.2) is 13.1 Å². The Bertz CT molecular complexity index is 983. The van der Waals surface area contributed by atoms with Crippen LogP contribution in [0.4, 0.5) is 0 Å². The van der Waals surface area contributed by atoms with Crippen LogP contribution in [-0.2, 0) is 21.2 Å². The van der Waals surface area contributed by atoms with Gasteiger partial charge in [-0.05, 0) is 67.5 Å². The van der Waals surface area contributed by atoms with Gasteiger partial charge in [-0.2, -0.15) is 0 Å². The molecule has 1 unspecified atom stereocenters. The van der Waals surface area contributed by atoms with E-state index >= 15 is 0 Å². The van der Waals surface area contributed by atoms with Gasteiger partial charge in [0.25, 0.3) is 5.91 Å². The minimum absolute atomic E-state index is 0.0141. The Balaban J connectivity index is 1.30. The number of rotatable bonds is 7. The predicted molar refractivity (Wildman–Crippen MR) is 115 cm³/mol. The van der Waals surface area contributed by atoms with Crippen LogP contribution < -0.4 is 14.8 Å². The number of benzene rings is 2. The van der Waals surface area contributed by atoms with E-state index in [-0.39, 0.29) is 29.5 Å². The maximum atomic E-state index is 12.5. The fourth-order valence-electron chi connectivity index (χ4n) is 4.33. The molecule has 1 atom stereocenters. The first-order valence-corrected chi connectivity index (χ1v) is 12.1. The Kier molecular flexibility index (Phi) is 6.39. The lowest BCUT2D eigenvalue weighted by atomic mass is 9.88. The standard InChI is InChI=1S/C23H28N2O4S/c26-23(24-22-11-5-7-17-6-1-4-10-21(17)22)16-29-19-12-14-20(15-13-19)30(27,28)25-18-8-2-3-9-18/h1,4,6,10,12-15,18,22,25H,2-3,5,7-9,11,16H2,(H,24,26). The van der Waals surface area contributed by atoms with Crippen molar-refractivity contribution in [1.29, 1.82) is 0 Å². The predicted octanol–water partition coefficient (Wildman–Crippen LogP) is 3.48. The minimum Gasteiger partial charge on any atom is -0.484 e. The highest BCUT2D eigenvalue weighted by Gasteiger charge is 2.23. The third-order valence-corrected chi connectivity index (χ3v) is 7.42. The molecule has 6 nitrogen and oxygen atoms in total. The lowest BCUT2D eigenvalue weighted by Gasteiger charge is -2.26. The molecule has 1 amide bonds.